The third kappa shape index (κ3) is 3.71. The number of likely N-dealkylation sites (tertiary alicyclic amines) is 2. The molecule has 1 aromatic heterocycles. The molecule has 2 aromatic rings. The number of hydrogen-bond acceptors (Lipinski definition) is 5. The van der Waals surface area contributed by atoms with Crippen molar-refractivity contribution in [1.82, 2.24) is 19.8 Å². The van der Waals surface area contributed by atoms with Crippen LogP contribution in [0.25, 0.3) is 0 Å². The molecule has 4 heterocycles. The minimum absolute atomic E-state index is 0.0864. The van der Waals surface area contributed by atoms with Crippen LogP contribution < -0.4 is 4.90 Å². The van der Waals surface area contributed by atoms with Crippen LogP contribution in [0.4, 0.5) is 5.95 Å². The molecule has 3 saturated heterocycles. The van der Waals surface area contributed by atoms with Crippen molar-refractivity contribution in [2.75, 3.05) is 44.7 Å². The third-order valence-electron chi connectivity index (χ3n) is 7.52. The molecule has 0 saturated carbocycles. The Morgan fingerprint density at radius 2 is 1.81 bits per heavy atom. The summed E-state index contributed by atoms with van der Waals surface area (Å²) >= 11 is 0. The monoisotopic (exact) mass is 419 g/mol. The predicted octanol–water partition coefficient (Wildman–Crippen LogP) is 3.46. The van der Waals surface area contributed by atoms with Crippen molar-refractivity contribution in [3.63, 3.8) is 0 Å². The van der Waals surface area contributed by atoms with Gasteiger partial charge in [-0.05, 0) is 57.2 Å². The van der Waals surface area contributed by atoms with Crippen molar-refractivity contribution in [2.45, 2.75) is 39.2 Å². The maximum Gasteiger partial charge on any atom is 0.257 e. The Hall–Kier alpha value is -2.47. The van der Waals surface area contributed by atoms with Crippen LogP contribution in [0, 0.1) is 25.7 Å². The second kappa shape index (κ2) is 8.23. The van der Waals surface area contributed by atoms with E-state index in [1.54, 1.807) is 6.20 Å². The number of amides is 1. The van der Waals surface area contributed by atoms with E-state index >= 15 is 0 Å². The summed E-state index contributed by atoms with van der Waals surface area (Å²) in [7, 11) is 2.22. The summed E-state index contributed by atoms with van der Waals surface area (Å²) in [6.45, 7) is 8.83. The van der Waals surface area contributed by atoms with Crippen LogP contribution in [0.3, 0.4) is 0 Å². The zero-order chi connectivity index (χ0) is 21.5. The number of aromatic nitrogens is 2. The molecule has 0 bridgehead atoms. The lowest BCUT2D eigenvalue weighted by atomic mass is 9.88. The second-order valence-corrected chi connectivity index (χ2v) is 9.59. The van der Waals surface area contributed by atoms with Crippen molar-refractivity contribution in [2.24, 2.45) is 11.8 Å². The first-order valence-electron chi connectivity index (χ1n) is 11.7. The molecule has 1 amide bonds. The van der Waals surface area contributed by atoms with Crippen molar-refractivity contribution >= 4 is 11.9 Å². The molecule has 0 unspecified atom stereocenters. The van der Waals surface area contributed by atoms with Crippen molar-refractivity contribution in [1.29, 1.82) is 0 Å². The number of rotatable bonds is 3. The molecule has 3 aliphatic rings. The number of benzene rings is 1. The Labute approximate surface area is 185 Å². The number of carbonyl (C=O) groups excluding carboxylic acids is 1. The average Bonchev–Trinajstić information content (AvgIpc) is 3.31. The predicted molar refractivity (Wildman–Crippen MR) is 122 cm³/mol. The van der Waals surface area contributed by atoms with E-state index in [1.165, 1.54) is 30.4 Å². The van der Waals surface area contributed by atoms with Crippen LogP contribution >= 0.6 is 0 Å². The number of hydrogen-bond donors (Lipinski definition) is 0. The zero-order valence-corrected chi connectivity index (χ0v) is 18.9. The van der Waals surface area contributed by atoms with E-state index in [0.717, 1.165) is 44.4 Å². The van der Waals surface area contributed by atoms with E-state index in [2.05, 4.69) is 53.0 Å². The van der Waals surface area contributed by atoms with Crippen molar-refractivity contribution in [3.05, 3.63) is 52.8 Å². The van der Waals surface area contributed by atoms with Crippen LogP contribution in [0.1, 0.15) is 52.5 Å². The van der Waals surface area contributed by atoms with E-state index in [4.69, 9.17) is 4.98 Å². The fourth-order valence-corrected chi connectivity index (χ4v) is 5.89. The average molecular weight is 420 g/mol. The second-order valence-electron chi connectivity index (χ2n) is 9.59. The van der Waals surface area contributed by atoms with Gasteiger partial charge >= 0.3 is 0 Å². The highest BCUT2D eigenvalue weighted by atomic mass is 16.2. The topological polar surface area (TPSA) is 52.6 Å². The van der Waals surface area contributed by atoms with Gasteiger partial charge in [-0.3, -0.25) is 9.69 Å². The van der Waals surface area contributed by atoms with Gasteiger partial charge < -0.3 is 9.80 Å². The van der Waals surface area contributed by atoms with Crippen molar-refractivity contribution < 1.29 is 4.79 Å². The molecule has 31 heavy (non-hydrogen) atoms. The van der Waals surface area contributed by atoms with Gasteiger partial charge in [-0.2, -0.15) is 0 Å². The fraction of sp³-hybridized carbons (Fsp3) is 0.560. The number of carbonyl (C=O) groups is 1. The van der Waals surface area contributed by atoms with Crippen molar-refractivity contribution in [3.8, 4) is 0 Å². The van der Waals surface area contributed by atoms with Crippen LogP contribution in [-0.2, 0) is 0 Å². The first kappa shape index (κ1) is 20.4. The van der Waals surface area contributed by atoms with Crippen LogP contribution in [0.15, 0.2) is 30.5 Å². The largest absolute Gasteiger partial charge is 0.341 e. The van der Waals surface area contributed by atoms with Gasteiger partial charge in [0.15, 0.2) is 0 Å². The lowest BCUT2D eigenvalue weighted by Crippen LogP contribution is -2.35. The third-order valence-corrected chi connectivity index (χ3v) is 7.52. The molecule has 1 aromatic carbocycles. The molecule has 6 nitrogen and oxygen atoms in total. The summed E-state index contributed by atoms with van der Waals surface area (Å²) < 4.78 is 0. The quantitative estimate of drug-likeness (QED) is 0.763. The summed E-state index contributed by atoms with van der Waals surface area (Å²) in [5.41, 5.74) is 4.19. The molecule has 0 N–H and O–H groups in total. The minimum Gasteiger partial charge on any atom is -0.341 e. The Morgan fingerprint density at radius 3 is 2.55 bits per heavy atom. The number of aryl methyl sites for hydroxylation is 2. The van der Waals surface area contributed by atoms with Gasteiger partial charge in [0.25, 0.3) is 5.91 Å². The molecule has 164 valence electrons. The molecule has 3 fully saturated rings. The molecule has 5 rings (SSSR count). The normalized spacial score (nSPS) is 26.4. The first-order valence-corrected chi connectivity index (χ1v) is 11.7. The van der Waals surface area contributed by atoms with Gasteiger partial charge in [-0.25, -0.2) is 9.97 Å². The Kier molecular flexibility index (Phi) is 5.42. The van der Waals surface area contributed by atoms with Gasteiger partial charge in [0.2, 0.25) is 5.95 Å². The summed E-state index contributed by atoms with van der Waals surface area (Å²) in [6.07, 6.45) is 5.42. The molecule has 0 aliphatic carbocycles. The maximum atomic E-state index is 13.4. The summed E-state index contributed by atoms with van der Waals surface area (Å²) in [6, 6.07) is 9.06. The Morgan fingerprint density at radius 1 is 1.03 bits per heavy atom. The molecule has 6 heteroatoms. The minimum atomic E-state index is 0.0864. The van der Waals surface area contributed by atoms with Gasteiger partial charge in [0.1, 0.15) is 0 Å². The van der Waals surface area contributed by atoms with Crippen LogP contribution in [-0.4, -0.2) is 65.4 Å². The van der Waals surface area contributed by atoms with Crippen LogP contribution in [0.5, 0.6) is 0 Å². The highest BCUT2D eigenvalue weighted by molar-refractivity contribution is 5.95. The number of nitrogens with zero attached hydrogens (tertiary/aromatic N) is 5. The smallest absolute Gasteiger partial charge is 0.257 e. The van der Waals surface area contributed by atoms with Crippen LogP contribution in [0.2, 0.25) is 0 Å². The summed E-state index contributed by atoms with van der Waals surface area (Å²) in [4.78, 5) is 29.4. The van der Waals surface area contributed by atoms with Gasteiger partial charge in [-0.1, -0.05) is 24.3 Å². The van der Waals surface area contributed by atoms with E-state index in [1.807, 2.05) is 11.8 Å². The maximum absolute atomic E-state index is 13.4. The molecular weight excluding hydrogens is 386 g/mol. The molecular formula is C25H33N5O. The summed E-state index contributed by atoms with van der Waals surface area (Å²) in [5, 5.41) is 0. The van der Waals surface area contributed by atoms with E-state index < -0.39 is 0 Å². The highest BCUT2D eigenvalue weighted by Gasteiger charge is 2.47. The molecule has 3 aliphatic heterocycles. The van der Waals surface area contributed by atoms with E-state index in [9.17, 15) is 4.79 Å². The van der Waals surface area contributed by atoms with Gasteiger partial charge in [-0.15, -0.1) is 0 Å². The van der Waals surface area contributed by atoms with E-state index in [0.29, 0.717) is 23.4 Å². The van der Waals surface area contributed by atoms with Gasteiger partial charge in [0.05, 0.1) is 11.3 Å². The lowest BCUT2D eigenvalue weighted by Gasteiger charge is -2.28. The Bertz CT molecular complexity index is 970. The van der Waals surface area contributed by atoms with Gasteiger partial charge in [0, 0.05) is 50.9 Å². The Balaban J connectivity index is 1.33. The molecule has 0 radical (unpaired) electrons. The first-order chi connectivity index (χ1) is 15.0. The lowest BCUT2D eigenvalue weighted by molar-refractivity contribution is 0.0766. The molecule has 0 spiro atoms. The van der Waals surface area contributed by atoms with E-state index in [-0.39, 0.29) is 5.91 Å². The molecule has 3 atom stereocenters. The highest BCUT2D eigenvalue weighted by Crippen LogP contribution is 2.45. The standard InChI is InChI=1S/C25H33N5O/c1-17-9-5-6-10-20(17)23-22-16-30(15-19(22)14-28(23)3)24(31)21-13-26-25(27-18(21)2)29-11-7-4-8-12-29/h5-6,9-10,13,19,22-23H,4,7-8,11-12,14-16H2,1-3H3/t19-,22+,23-/m0/s1. The number of fused-ring (bicyclic) bond motifs is 1. The number of anilines is 1. The zero-order valence-electron chi connectivity index (χ0n) is 18.9. The summed E-state index contributed by atoms with van der Waals surface area (Å²) in [5.74, 6) is 1.85. The fourth-order valence-electron chi connectivity index (χ4n) is 5.89. The number of piperidine rings is 1. The SMILES string of the molecule is Cc1ccccc1[C@H]1[C@@H]2CN(C(=O)c3cnc(N4CCCCC4)nc3C)C[C@@H]2CN1C.